The minimum atomic E-state index is 0.00871. The number of carbonyl (C=O) groups excluding carboxylic acids is 2. The summed E-state index contributed by atoms with van der Waals surface area (Å²) in [6.45, 7) is 15.6. The summed E-state index contributed by atoms with van der Waals surface area (Å²) in [5, 5.41) is 0. The van der Waals surface area contributed by atoms with Crippen molar-refractivity contribution in [1.82, 2.24) is 4.90 Å². The van der Waals surface area contributed by atoms with E-state index in [1.54, 1.807) is 0 Å². The maximum Gasteiger partial charge on any atom is 0.305 e. The first-order chi connectivity index (χ1) is 28.0. The lowest BCUT2D eigenvalue weighted by Gasteiger charge is -2.19. The zero-order valence-electron chi connectivity index (χ0n) is 38.9. The molecule has 1 rings (SSSR count). The summed E-state index contributed by atoms with van der Waals surface area (Å²) < 4.78 is 17.6. The van der Waals surface area contributed by atoms with Crippen molar-refractivity contribution in [3.8, 4) is 0 Å². The van der Waals surface area contributed by atoms with Gasteiger partial charge in [0, 0.05) is 26.0 Å². The molecule has 0 bridgehead atoms. The molecule has 338 valence electrons. The molecule has 0 saturated carbocycles. The van der Waals surface area contributed by atoms with Gasteiger partial charge in [-0.05, 0) is 82.2 Å². The second-order valence-corrected chi connectivity index (χ2v) is 18.2. The lowest BCUT2D eigenvalue weighted by atomic mass is 9.92. The molecule has 1 aliphatic rings. The van der Waals surface area contributed by atoms with Gasteiger partial charge in [0.2, 0.25) is 0 Å². The number of hydrogen-bond acceptors (Lipinski definition) is 6. The first kappa shape index (κ1) is 53.9. The quantitative estimate of drug-likeness (QED) is 0.0451. The molecular formula is C51H99NO5. The van der Waals surface area contributed by atoms with Crippen molar-refractivity contribution in [3.05, 3.63) is 0 Å². The van der Waals surface area contributed by atoms with Crippen LogP contribution in [0, 0.1) is 17.8 Å². The van der Waals surface area contributed by atoms with E-state index in [4.69, 9.17) is 14.2 Å². The second kappa shape index (κ2) is 41.6. The van der Waals surface area contributed by atoms with E-state index in [2.05, 4.69) is 32.6 Å². The molecule has 0 amide bonds. The molecule has 0 spiro atoms. The molecule has 0 radical (unpaired) electrons. The van der Waals surface area contributed by atoms with E-state index in [1.165, 1.54) is 186 Å². The highest BCUT2D eigenvalue weighted by Crippen LogP contribution is 2.24. The monoisotopic (exact) mass is 806 g/mol. The van der Waals surface area contributed by atoms with Crippen molar-refractivity contribution < 1.29 is 23.8 Å². The molecule has 1 atom stereocenters. The number of nitrogens with zero attached hydrogens (tertiary/aromatic N) is 1. The summed E-state index contributed by atoms with van der Waals surface area (Å²) in [7, 11) is 0. The van der Waals surface area contributed by atoms with Crippen LogP contribution in [0.25, 0.3) is 0 Å². The van der Waals surface area contributed by atoms with Gasteiger partial charge in [-0.1, -0.05) is 188 Å². The first-order valence-electron chi connectivity index (χ1n) is 25.6. The maximum absolute atomic E-state index is 12.4. The van der Waals surface area contributed by atoms with Crippen molar-refractivity contribution in [2.45, 2.75) is 252 Å². The van der Waals surface area contributed by atoms with E-state index < -0.39 is 0 Å². The Hall–Kier alpha value is -1.14. The Morgan fingerprint density at radius 1 is 0.421 bits per heavy atom. The molecule has 0 aliphatic carbocycles. The molecule has 0 aromatic heterocycles. The van der Waals surface area contributed by atoms with Crippen molar-refractivity contribution >= 4 is 11.9 Å². The summed E-state index contributed by atoms with van der Waals surface area (Å²) >= 11 is 0. The summed E-state index contributed by atoms with van der Waals surface area (Å²) in [6, 6.07) is 0. The summed E-state index contributed by atoms with van der Waals surface area (Å²) in [5.74, 6) is 2.11. The average molecular weight is 806 g/mol. The summed E-state index contributed by atoms with van der Waals surface area (Å²) in [5.41, 5.74) is 0. The van der Waals surface area contributed by atoms with Crippen molar-refractivity contribution in [2.24, 2.45) is 17.8 Å². The van der Waals surface area contributed by atoms with Gasteiger partial charge in [0.1, 0.15) is 0 Å². The molecular weight excluding hydrogens is 707 g/mol. The number of likely N-dealkylation sites (tertiary alicyclic amines) is 1. The lowest BCUT2D eigenvalue weighted by Crippen LogP contribution is -2.25. The van der Waals surface area contributed by atoms with Crippen LogP contribution in [0.15, 0.2) is 0 Å². The lowest BCUT2D eigenvalue weighted by molar-refractivity contribution is -0.145. The second-order valence-electron chi connectivity index (χ2n) is 18.2. The molecule has 1 saturated heterocycles. The van der Waals surface area contributed by atoms with Crippen LogP contribution >= 0.6 is 0 Å². The van der Waals surface area contributed by atoms with Crippen LogP contribution in [0.3, 0.4) is 0 Å². The number of unbranched alkanes of at least 4 members (excludes halogenated alkanes) is 17. The highest BCUT2D eigenvalue weighted by molar-refractivity contribution is 5.69. The average Bonchev–Trinajstić information content (AvgIpc) is 3.73. The Balaban J connectivity index is 2.21. The molecule has 0 N–H and O–H groups in total. The Labute approximate surface area is 355 Å². The van der Waals surface area contributed by atoms with Gasteiger partial charge in [0.05, 0.1) is 19.8 Å². The molecule has 57 heavy (non-hydrogen) atoms. The molecule has 6 nitrogen and oxygen atoms in total. The van der Waals surface area contributed by atoms with Gasteiger partial charge in [-0.25, -0.2) is 0 Å². The summed E-state index contributed by atoms with van der Waals surface area (Å²) in [6.07, 6.45) is 42.1. The fourth-order valence-electron chi connectivity index (χ4n) is 8.82. The van der Waals surface area contributed by atoms with Gasteiger partial charge in [0.25, 0.3) is 0 Å². The molecule has 0 aromatic carbocycles. The zero-order chi connectivity index (χ0) is 41.3. The Morgan fingerprint density at radius 2 is 0.772 bits per heavy atom. The van der Waals surface area contributed by atoms with Crippen LogP contribution in [0.5, 0.6) is 0 Å². The van der Waals surface area contributed by atoms with Gasteiger partial charge in [-0.3, -0.25) is 9.59 Å². The Bertz CT molecular complexity index is 841. The van der Waals surface area contributed by atoms with Gasteiger partial charge >= 0.3 is 11.9 Å². The fraction of sp³-hybridized carbons (Fsp3) is 0.961. The molecule has 1 heterocycles. The third kappa shape index (κ3) is 35.3. The Kier molecular flexibility index (Phi) is 39.3. The summed E-state index contributed by atoms with van der Waals surface area (Å²) in [4.78, 5) is 27.4. The maximum atomic E-state index is 12.4. The van der Waals surface area contributed by atoms with Gasteiger partial charge < -0.3 is 19.1 Å². The fourth-order valence-corrected chi connectivity index (χ4v) is 8.82. The number of hydrogen-bond donors (Lipinski definition) is 0. The van der Waals surface area contributed by atoms with Crippen molar-refractivity contribution in [2.75, 3.05) is 46.1 Å². The number of rotatable bonds is 44. The molecule has 6 heteroatoms. The van der Waals surface area contributed by atoms with Gasteiger partial charge in [-0.15, -0.1) is 0 Å². The van der Waals surface area contributed by atoms with Crippen LogP contribution in [0.4, 0.5) is 0 Å². The smallest absolute Gasteiger partial charge is 0.305 e. The number of ether oxygens (including phenoxy) is 3. The van der Waals surface area contributed by atoms with Crippen LogP contribution in [0.2, 0.25) is 0 Å². The third-order valence-electron chi connectivity index (χ3n) is 12.8. The number of esters is 2. The SMILES string of the molecule is CCCCCC(CCCCC)CCOC(=O)CCCCCCCCC(CCCCCCCC(=O)OCCC(CCCCC)CCCCC)COCCN1CCCC1. The predicted molar refractivity (Wildman–Crippen MR) is 244 cm³/mol. The topological polar surface area (TPSA) is 65.1 Å². The van der Waals surface area contributed by atoms with Crippen LogP contribution in [0.1, 0.15) is 252 Å². The van der Waals surface area contributed by atoms with Crippen molar-refractivity contribution in [3.63, 3.8) is 0 Å². The first-order valence-corrected chi connectivity index (χ1v) is 25.6. The number of carbonyl (C=O) groups is 2. The largest absolute Gasteiger partial charge is 0.466 e. The molecule has 0 aromatic rings. The molecule has 1 aliphatic heterocycles. The third-order valence-corrected chi connectivity index (χ3v) is 12.8. The van der Waals surface area contributed by atoms with E-state index in [9.17, 15) is 9.59 Å². The minimum Gasteiger partial charge on any atom is -0.466 e. The van der Waals surface area contributed by atoms with Crippen molar-refractivity contribution in [1.29, 1.82) is 0 Å². The van der Waals surface area contributed by atoms with E-state index >= 15 is 0 Å². The standard InChI is InChI=1S/C51H99NO5/c1-5-9-20-30-47(31-21-10-6-2)38-43-56-50(53)36-26-18-14-13-16-24-34-49(46-55-45-42-52-40-28-29-41-52)35-25-17-15-19-27-37-51(54)57-44-39-48(32-22-11-7-3)33-23-12-8-4/h47-49H,5-46H2,1-4H3. The van der Waals surface area contributed by atoms with Crippen LogP contribution in [-0.2, 0) is 23.8 Å². The van der Waals surface area contributed by atoms with Gasteiger partial charge in [0.15, 0.2) is 0 Å². The van der Waals surface area contributed by atoms with E-state index in [-0.39, 0.29) is 11.9 Å². The van der Waals surface area contributed by atoms with E-state index in [1.807, 2.05) is 0 Å². The van der Waals surface area contributed by atoms with Gasteiger partial charge in [-0.2, -0.15) is 0 Å². The predicted octanol–water partition coefficient (Wildman–Crippen LogP) is 15.0. The Morgan fingerprint density at radius 3 is 1.18 bits per heavy atom. The highest BCUT2D eigenvalue weighted by Gasteiger charge is 2.15. The zero-order valence-corrected chi connectivity index (χ0v) is 38.9. The van der Waals surface area contributed by atoms with Crippen LogP contribution < -0.4 is 0 Å². The highest BCUT2D eigenvalue weighted by atomic mass is 16.5. The van der Waals surface area contributed by atoms with E-state index in [0.29, 0.717) is 32.0 Å². The van der Waals surface area contributed by atoms with E-state index in [0.717, 1.165) is 70.1 Å². The minimum absolute atomic E-state index is 0.00871. The molecule has 1 fully saturated rings. The molecule has 1 unspecified atom stereocenters. The normalized spacial score (nSPS) is 13.9. The van der Waals surface area contributed by atoms with Crippen LogP contribution in [-0.4, -0.2) is 62.9 Å².